The normalized spacial score (nSPS) is 19.1. The average Bonchev–Trinajstić information content (AvgIpc) is 2.55. The van der Waals surface area contributed by atoms with Gasteiger partial charge >= 0.3 is 6.03 Å². The summed E-state index contributed by atoms with van der Waals surface area (Å²) in [4.78, 5) is 28.3. The van der Waals surface area contributed by atoms with Gasteiger partial charge in [-0.15, -0.1) is 0 Å². The van der Waals surface area contributed by atoms with Gasteiger partial charge in [-0.1, -0.05) is 30.3 Å². The molecule has 0 bridgehead atoms. The summed E-state index contributed by atoms with van der Waals surface area (Å²) in [5.41, 5.74) is 1.06. The number of hydrogen-bond acceptors (Lipinski definition) is 2. The number of carbonyl (C=O) groups is 2. The first-order chi connectivity index (χ1) is 11.0. The van der Waals surface area contributed by atoms with Gasteiger partial charge in [0.1, 0.15) is 6.04 Å². The Bertz CT molecular complexity index is 532. The number of nitrogens with one attached hydrogen (secondary N) is 1. The first-order valence-corrected chi connectivity index (χ1v) is 8.35. The number of nitrogens with zero attached hydrogens (tertiary/aromatic N) is 2. The first-order valence-electron chi connectivity index (χ1n) is 8.35. The van der Waals surface area contributed by atoms with Crippen LogP contribution in [-0.2, 0) is 11.3 Å². The molecule has 0 unspecified atom stereocenters. The fraction of sp³-hybridized carbons (Fsp3) is 0.556. The molecule has 0 aliphatic carbocycles. The Morgan fingerprint density at radius 2 is 2.00 bits per heavy atom. The highest BCUT2D eigenvalue weighted by atomic mass is 16.2. The van der Waals surface area contributed by atoms with Gasteiger partial charge in [-0.3, -0.25) is 4.79 Å². The zero-order valence-corrected chi connectivity index (χ0v) is 14.3. The van der Waals surface area contributed by atoms with Crippen LogP contribution in [-0.4, -0.2) is 47.4 Å². The van der Waals surface area contributed by atoms with E-state index in [9.17, 15) is 9.59 Å². The number of benzene rings is 1. The van der Waals surface area contributed by atoms with Crippen LogP contribution in [0.4, 0.5) is 4.79 Å². The Labute approximate surface area is 138 Å². The predicted octanol–water partition coefficient (Wildman–Crippen LogP) is 2.62. The van der Waals surface area contributed by atoms with E-state index in [1.54, 1.807) is 18.9 Å². The molecule has 1 aliphatic rings. The predicted molar refractivity (Wildman–Crippen MR) is 90.9 cm³/mol. The maximum absolute atomic E-state index is 12.5. The molecule has 5 nitrogen and oxygen atoms in total. The van der Waals surface area contributed by atoms with Crippen molar-refractivity contribution in [2.24, 2.45) is 0 Å². The standard InChI is InChI=1S/C18H27N3O2/c1-14-9-7-8-12-21(14)17(22)15(2)19-18(23)20(3)13-16-10-5-4-6-11-16/h4-6,10-11,14-15H,7-9,12-13H2,1-3H3,(H,19,23)/t14-,15+/m1/s1. The lowest BCUT2D eigenvalue weighted by Crippen LogP contribution is -2.53. The molecule has 1 fully saturated rings. The highest BCUT2D eigenvalue weighted by Crippen LogP contribution is 2.17. The molecule has 1 saturated heterocycles. The van der Waals surface area contributed by atoms with Gasteiger partial charge in [0.05, 0.1) is 0 Å². The Morgan fingerprint density at radius 1 is 1.30 bits per heavy atom. The summed E-state index contributed by atoms with van der Waals surface area (Å²) in [5.74, 6) is 0.0126. The van der Waals surface area contributed by atoms with Crippen LogP contribution in [0.25, 0.3) is 0 Å². The topological polar surface area (TPSA) is 52.7 Å². The fourth-order valence-electron chi connectivity index (χ4n) is 2.96. The third kappa shape index (κ3) is 4.71. The minimum Gasteiger partial charge on any atom is -0.338 e. The van der Waals surface area contributed by atoms with Gasteiger partial charge in [0.2, 0.25) is 5.91 Å². The van der Waals surface area contributed by atoms with E-state index in [-0.39, 0.29) is 18.0 Å². The van der Waals surface area contributed by atoms with Crippen molar-refractivity contribution >= 4 is 11.9 Å². The number of piperidine rings is 1. The van der Waals surface area contributed by atoms with Crippen molar-refractivity contribution in [3.8, 4) is 0 Å². The van der Waals surface area contributed by atoms with Crippen LogP contribution in [0.15, 0.2) is 30.3 Å². The molecule has 23 heavy (non-hydrogen) atoms. The number of likely N-dealkylation sites (tertiary alicyclic amines) is 1. The van der Waals surface area contributed by atoms with Crippen molar-refractivity contribution in [2.75, 3.05) is 13.6 Å². The summed E-state index contributed by atoms with van der Waals surface area (Å²) in [7, 11) is 1.74. The highest BCUT2D eigenvalue weighted by molar-refractivity contribution is 5.86. The van der Waals surface area contributed by atoms with Crippen molar-refractivity contribution in [1.29, 1.82) is 0 Å². The van der Waals surface area contributed by atoms with Crippen LogP contribution in [0.5, 0.6) is 0 Å². The monoisotopic (exact) mass is 317 g/mol. The number of urea groups is 1. The molecule has 5 heteroatoms. The summed E-state index contributed by atoms with van der Waals surface area (Å²) in [6.45, 7) is 5.15. The van der Waals surface area contributed by atoms with Crippen molar-refractivity contribution in [1.82, 2.24) is 15.1 Å². The second-order valence-electron chi connectivity index (χ2n) is 6.39. The van der Waals surface area contributed by atoms with Crippen molar-refractivity contribution in [3.05, 3.63) is 35.9 Å². The van der Waals surface area contributed by atoms with Crippen LogP contribution < -0.4 is 5.32 Å². The minimum absolute atomic E-state index is 0.0126. The summed E-state index contributed by atoms with van der Waals surface area (Å²) in [5, 5.41) is 2.81. The molecule has 1 aromatic carbocycles. The number of carbonyl (C=O) groups excluding carboxylic acids is 2. The SMILES string of the molecule is C[C@H](NC(=O)N(C)Cc1ccccc1)C(=O)N1CCCC[C@H]1C. The van der Waals surface area contributed by atoms with Gasteiger partial charge in [0.25, 0.3) is 0 Å². The molecule has 0 radical (unpaired) electrons. The van der Waals surface area contributed by atoms with Gasteiger partial charge in [-0.25, -0.2) is 4.79 Å². The summed E-state index contributed by atoms with van der Waals surface area (Å²) < 4.78 is 0. The molecule has 0 aromatic heterocycles. The maximum atomic E-state index is 12.5. The smallest absolute Gasteiger partial charge is 0.318 e. The van der Waals surface area contributed by atoms with Gasteiger partial charge in [-0.05, 0) is 38.7 Å². The Balaban J connectivity index is 1.87. The van der Waals surface area contributed by atoms with E-state index < -0.39 is 6.04 Å². The van der Waals surface area contributed by atoms with Gasteiger partial charge in [-0.2, -0.15) is 0 Å². The van der Waals surface area contributed by atoms with Crippen LogP contribution >= 0.6 is 0 Å². The summed E-state index contributed by atoms with van der Waals surface area (Å²) >= 11 is 0. The highest BCUT2D eigenvalue weighted by Gasteiger charge is 2.28. The lowest BCUT2D eigenvalue weighted by atomic mass is 10.0. The minimum atomic E-state index is -0.499. The number of amides is 3. The molecular weight excluding hydrogens is 290 g/mol. The van der Waals surface area contributed by atoms with Crippen LogP contribution in [0.2, 0.25) is 0 Å². The molecule has 126 valence electrons. The van der Waals surface area contributed by atoms with Gasteiger partial charge in [0.15, 0.2) is 0 Å². The van der Waals surface area contributed by atoms with Gasteiger partial charge < -0.3 is 15.1 Å². The molecule has 1 N–H and O–H groups in total. The van der Waals surface area contributed by atoms with E-state index in [1.165, 1.54) is 6.42 Å². The Hall–Kier alpha value is -2.04. The van der Waals surface area contributed by atoms with E-state index in [2.05, 4.69) is 12.2 Å². The molecular formula is C18H27N3O2. The molecule has 3 amide bonds. The molecule has 1 aromatic rings. The molecule has 2 rings (SSSR count). The quantitative estimate of drug-likeness (QED) is 0.928. The van der Waals surface area contributed by atoms with E-state index in [0.29, 0.717) is 6.54 Å². The number of rotatable bonds is 4. The van der Waals surface area contributed by atoms with E-state index in [0.717, 1.165) is 24.9 Å². The number of hydrogen-bond donors (Lipinski definition) is 1. The largest absolute Gasteiger partial charge is 0.338 e. The lowest BCUT2D eigenvalue weighted by Gasteiger charge is -2.35. The van der Waals surface area contributed by atoms with Gasteiger partial charge in [0, 0.05) is 26.2 Å². The van der Waals surface area contributed by atoms with Crippen LogP contribution in [0, 0.1) is 0 Å². The lowest BCUT2D eigenvalue weighted by molar-refractivity contribution is -0.136. The average molecular weight is 317 g/mol. The molecule has 1 aliphatic heterocycles. The van der Waals surface area contributed by atoms with E-state index >= 15 is 0 Å². The van der Waals surface area contributed by atoms with Crippen LogP contribution in [0.3, 0.4) is 0 Å². The molecule has 1 heterocycles. The summed E-state index contributed by atoms with van der Waals surface area (Å²) in [6.07, 6.45) is 3.26. The van der Waals surface area contributed by atoms with E-state index in [4.69, 9.17) is 0 Å². The Morgan fingerprint density at radius 3 is 2.65 bits per heavy atom. The summed E-state index contributed by atoms with van der Waals surface area (Å²) in [6, 6.07) is 9.35. The van der Waals surface area contributed by atoms with E-state index in [1.807, 2.05) is 35.2 Å². The molecule has 0 saturated carbocycles. The van der Waals surface area contributed by atoms with Crippen molar-refractivity contribution in [3.63, 3.8) is 0 Å². The molecule has 2 atom stereocenters. The maximum Gasteiger partial charge on any atom is 0.318 e. The Kier molecular flexibility index (Phi) is 6.02. The van der Waals surface area contributed by atoms with Crippen molar-refractivity contribution in [2.45, 2.75) is 51.7 Å². The second kappa shape index (κ2) is 7.99. The zero-order chi connectivity index (χ0) is 16.8. The third-order valence-electron chi connectivity index (χ3n) is 4.41. The van der Waals surface area contributed by atoms with Crippen LogP contribution in [0.1, 0.15) is 38.7 Å². The first kappa shape index (κ1) is 17.3. The zero-order valence-electron chi connectivity index (χ0n) is 14.3. The third-order valence-corrected chi connectivity index (χ3v) is 4.41. The second-order valence-corrected chi connectivity index (χ2v) is 6.39. The van der Waals surface area contributed by atoms with Crippen molar-refractivity contribution < 1.29 is 9.59 Å². The molecule has 0 spiro atoms. The fourth-order valence-corrected chi connectivity index (χ4v) is 2.96.